The van der Waals surface area contributed by atoms with Gasteiger partial charge in [0.15, 0.2) is 0 Å². The molecular formula is C19H25N3O3. The van der Waals surface area contributed by atoms with Crippen molar-refractivity contribution in [3.63, 3.8) is 0 Å². The van der Waals surface area contributed by atoms with Crippen LogP contribution in [0.25, 0.3) is 0 Å². The van der Waals surface area contributed by atoms with E-state index >= 15 is 0 Å². The van der Waals surface area contributed by atoms with Crippen molar-refractivity contribution in [3.05, 3.63) is 64.6 Å². The van der Waals surface area contributed by atoms with Crippen molar-refractivity contribution in [3.8, 4) is 0 Å². The monoisotopic (exact) mass is 343 g/mol. The first-order valence-corrected chi connectivity index (χ1v) is 8.39. The molecule has 25 heavy (non-hydrogen) atoms. The Balaban J connectivity index is 1.83. The Kier molecular flexibility index (Phi) is 7.22. The molecule has 2 aromatic rings. The molecule has 1 atom stereocenters. The number of rotatable bonds is 8. The molecule has 1 aromatic heterocycles. The number of methoxy groups -OCH3 is 1. The minimum atomic E-state index is -0.280. The third kappa shape index (κ3) is 6.43. The fourth-order valence-corrected chi connectivity index (χ4v) is 2.46. The predicted octanol–water partition coefficient (Wildman–Crippen LogP) is 2.64. The van der Waals surface area contributed by atoms with Crippen molar-refractivity contribution < 1.29 is 9.53 Å². The number of hydrogen-bond donors (Lipinski definition) is 2. The van der Waals surface area contributed by atoms with Crippen molar-refractivity contribution >= 4 is 11.7 Å². The van der Waals surface area contributed by atoms with E-state index in [1.807, 2.05) is 25.1 Å². The second-order valence-electron chi connectivity index (χ2n) is 5.97. The molecule has 2 rings (SSSR count). The molecule has 0 radical (unpaired) electrons. The summed E-state index contributed by atoms with van der Waals surface area (Å²) in [5.41, 5.74) is 1.70. The molecule has 0 aliphatic heterocycles. The zero-order chi connectivity index (χ0) is 18.1. The molecule has 0 bridgehead atoms. The van der Waals surface area contributed by atoms with E-state index in [0.717, 1.165) is 12.8 Å². The van der Waals surface area contributed by atoms with Crippen LogP contribution in [0.1, 0.15) is 18.9 Å². The van der Waals surface area contributed by atoms with Gasteiger partial charge in [0.25, 0.3) is 5.56 Å². The molecule has 2 N–H and O–H groups in total. The molecule has 0 spiro atoms. The number of aromatic nitrogens is 1. The number of urea groups is 1. The fraction of sp³-hybridized carbons (Fsp3) is 0.368. The van der Waals surface area contributed by atoms with E-state index in [2.05, 4.69) is 22.8 Å². The number of nitrogens with one attached hydrogen (secondary N) is 2. The fourth-order valence-electron chi connectivity index (χ4n) is 2.46. The van der Waals surface area contributed by atoms with Crippen molar-refractivity contribution in [1.82, 2.24) is 9.88 Å². The van der Waals surface area contributed by atoms with Gasteiger partial charge in [0, 0.05) is 32.0 Å². The Bertz CT molecular complexity index is 728. The molecule has 1 aromatic carbocycles. The van der Waals surface area contributed by atoms with Crippen molar-refractivity contribution in [2.24, 2.45) is 0 Å². The maximum absolute atomic E-state index is 12.1. The molecule has 6 nitrogen and oxygen atoms in total. The topological polar surface area (TPSA) is 72.4 Å². The Labute approximate surface area is 147 Å². The van der Waals surface area contributed by atoms with Crippen LogP contribution in [0.5, 0.6) is 0 Å². The van der Waals surface area contributed by atoms with Gasteiger partial charge in [0.2, 0.25) is 0 Å². The summed E-state index contributed by atoms with van der Waals surface area (Å²) in [6, 6.07) is 13.0. The number of carbonyl (C=O) groups excluding carboxylic acids is 1. The van der Waals surface area contributed by atoms with Crippen LogP contribution >= 0.6 is 0 Å². The lowest BCUT2D eigenvalue weighted by atomic mass is 10.1. The van der Waals surface area contributed by atoms with E-state index in [0.29, 0.717) is 18.8 Å². The Morgan fingerprint density at radius 3 is 2.68 bits per heavy atom. The minimum Gasteiger partial charge on any atom is -0.383 e. The molecule has 0 saturated heterocycles. The van der Waals surface area contributed by atoms with Gasteiger partial charge in [-0.05, 0) is 31.4 Å². The third-order valence-electron chi connectivity index (χ3n) is 3.86. The summed E-state index contributed by atoms with van der Waals surface area (Å²) in [5, 5.41) is 5.68. The average Bonchev–Trinajstić information content (AvgIpc) is 2.61. The number of nitrogens with zero attached hydrogens (tertiary/aromatic N) is 1. The number of aryl methyl sites for hydroxylation is 1. The maximum atomic E-state index is 12.1. The van der Waals surface area contributed by atoms with E-state index in [9.17, 15) is 9.59 Å². The summed E-state index contributed by atoms with van der Waals surface area (Å²) < 4.78 is 6.49. The highest BCUT2D eigenvalue weighted by Gasteiger charge is 2.08. The molecule has 0 fully saturated rings. The van der Waals surface area contributed by atoms with E-state index in [4.69, 9.17) is 4.74 Å². The van der Waals surface area contributed by atoms with Crippen molar-refractivity contribution in [2.45, 2.75) is 32.4 Å². The number of ether oxygens (including phenoxy) is 1. The van der Waals surface area contributed by atoms with Gasteiger partial charge in [-0.25, -0.2) is 4.79 Å². The maximum Gasteiger partial charge on any atom is 0.319 e. The molecule has 0 aliphatic carbocycles. The molecule has 0 saturated carbocycles. The molecule has 2 amide bonds. The standard InChI is InChI=1S/C19H25N3O3/c1-15(8-9-16-6-4-3-5-7-16)20-19(24)21-17-10-11-18(23)22(14-17)12-13-25-2/h3-7,10-11,14-15H,8-9,12-13H2,1-2H3,(H2,20,21,24)/t15-/m0/s1. The van der Waals surface area contributed by atoms with Crippen LogP contribution in [0.3, 0.4) is 0 Å². The van der Waals surface area contributed by atoms with Crippen LogP contribution in [-0.2, 0) is 17.7 Å². The summed E-state index contributed by atoms with van der Waals surface area (Å²) >= 11 is 0. The van der Waals surface area contributed by atoms with Crippen LogP contribution in [0.4, 0.5) is 10.5 Å². The van der Waals surface area contributed by atoms with Gasteiger partial charge in [-0.2, -0.15) is 0 Å². The van der Waals surface area contributed by atoms with Crippen LogP contribution in [-0.4, -0.2) is 30.4 Å². The van der Waals surface area contributed by atoms with E-state index in [-0.39, 0.29) is 17.6 Å². The highest BCUT2D eigenvalue weighted by Crippen LogP contribution is 2.06. The van der Waals surface area contributed by atoms with E-state index in [1.54, 1.807) is 19.4 Å². The number of carbonyl (C=O) groups is 1. The number of hydrogen-bond acceptors (Lipinski definition) is 3. The number of anilines is 1. The number of benzene rings is 1. The molecule has 6 heteroatoms. The van der Waals surface area contributed by atoms with Gasteiger partial charge >= 0.3 is 6.03 Å². The van der Waals surface area contributed by atoms with Gasteiger partial charge in [-0.15, -0.1) is 0 Å². The highest BCUT2D eigenvalue weighted by molar-refractivity contribution is 5.89. The average molecular weight is 343 g/mol. The first-order chi connectivity index (χ1) is 12.1. The lowest BCUT2D eigenvalue weighted by molar-refractivity contribution is 0.186. The van der Waals surface area contributed by atoms with Gasteiger partial charge in [0.1, 0.15) is 0 Å². The van der Waals surface area contributed by atoms with E-state index < -0.39 is 0 Å². The summed E-state index contributed by atoms with van der Waals surface area (Å²) in [6.45, 7) is 2.86. The van der Waals surface area contributed by atoms with Crippen LogP contribution in [0, 0.1) is 0 Å². The van der Waals surface area contributed by atoms with Crippen molar-refractivity contribution in [1.29, 1.82) is 0 Å². The number of pyridine rings is 1. The summed E-state index contributed by atoms with van der Waals surface area (Å²) in [4.78, 5) is 23.8. The van der Waals surface area contributed by atoms with Crippen LogP contribution in [0.2, 0.25) is 0 Å². The lowest BCUT2D eigenvalue weighted by Crippen LogP contribution is -2.36. The molecule has 0 unspecified atom stereocenters. The van der Waals surface area contributed by atoms with Crippen LogP contribution < -0.4 is 16.2 Å². The second kappa shape index (κ2) is 9.64. The number of amides is 2. The summed E-state index contributed by atoms with van der Waals surface area (Å²) in [6.07, 6.45) is 3.38. The zero-order valence-electron chi connectivity index (χ0n) is 14.7. The lowest BCUT2D eigenvalue weighted by Gasteiger charge is -2.15. The van der Waals surface area contributed by atoms with Crippen LogP contribution in [0.15, 0.2) is 53.5 Å². The summed E-state index contributed by atoms with van der Waals surface area (Å²) in [5.74, 6) is 0. The predicted molar refractivity (Wildman–Crippen MR) is 99.0 cm³/mol. The Morgan fingerprint density at radius 1 is 1.20 bits per heavy atom. The summed E-state index contributed by atoms with van der Waals surface area (Å²) in [7, 11) is 1.58. The third-order valence-corrected chi connectivity index (χ3v) is 3.86. The SMILES string of the molecule is COCCn1cc(NC(=O)N[C@@H](C)CCc2ccccc2)ccc1=O. The quantitative estimate of drug-likeness (QED) is 0.774. The second-order valence-corrected chi connectivity index (χ2v) is 5.97. The zero-order valence-corrected chi connectivity index (χ0v) is 14.7. The van der Waals surface area contributed by atoms with Gasteiger partial charge in [-0.1, -0.05) is 30.3 Å². The van der Waals surface area contributed by atoms with Crippen molar-refractivity contribution in [2.75, 3.05) is 19.0 Å². The largest absolute Gasteiger partial charge is 0.383 e. The van der Waals surface area contributed by atoms with Gasteiger partial charge < -0.3 is 19.9 Å². The first kappa shape index (κ1) is 18.7. The van der Waals surface area contributed by atoms with E-state index in [1.165, 1.54) is 16.2 Å². The molecular weight excluding hydrogens is 318 g/mol. The van der Waals surface area contributed by atoms with Gasteiger partial charge in [-0.3, -0.25) is 4.79 Å². The highest BCUT2D eigenvalue weighted by atomic mass is 16.5. The van der Waals surface area contributed by atoms with Gasteiger partial charge in [0.05, 0.1) is 12.3 Å². The minimum absolute atomic E-state index is 0.0413. The first-order valence-electron chi connectivity index (χ1n) is 8.39. The molecule has 134 valence electrons. The Morgan fingerprint density at radius 2 is 1.96 bits per heavy atom. The molecule has 1 heterocycles. The molecule has 0 aliphatic rings. The normalized spacial score (nSPS) is 11.8. The Hall–Kier alpha value is -2.60. The smallest absolute Gasteiger partial charge is 0.319 e.